The Balaban J connectivity index is 1.80. The molecule has 0 fully saturated rings. The highest BCUT2D eigenvalue weighted by Gasteiger charge is 2.18. The Bertz CT molecular complexity index is 1500. The summed E-state index contributed by atoms with van der Waals surface area (Å²) in [5, 5.41) is 2.83. The van der Waals surface area contributed by atoms with E-state index < -0.39 is 5.91 Å². The third-order valence-corrected chi connectivity index (χ3v) is 6.31. The monoisotopic (exact) mass is 457 g/mol. The summed E-state index contributed by atoms with van der Waals surface area (Å²) < 4.78 is 2.20. The van der Waals surface area contributed by atoms with Crippen molar-refractivity contribution in [1.29, 1.82) is 0 Å². The lowest BCUT2D eigenvalue weighted by molar-refractivity contribution is 0.100. The lowest BCUT2D eigenvalue weighted by atomic mass is 10.0. The van der Waals surface area contributed by atoms with E-state index in [9.17, 15) is 4.79 Å². The van der Waals surface area contributed by atoms with Gasteiger partial charge in [-0.2, -0.15) is 0 Å². The lowest BCUT2D eigenvalue weighted by Crippen LogP contribution is -2.11. The zero-order chi connectivity index (χ0) is 22.4. The SMILES string of the molecule is Cc1ccc(Cn2c3cc(-c4ccc(Cl)cc4Cl)c[c]c3c3c(C(N)=O)cccc32)cc1. The van der Waals surface area contributed by atoms with Crippen molar-refractivity contribution >= 4 is 50.9 Å². The van der Waals surface area contributed by atoms with Crippen LogP contribution in [0.3, 0.4) is 0 Å². The zero-order valence-corrected chi connectivity index (χ0v) is 18.8. The fraction of sp³-hybridized carbons (Fsp3) is 0.0741. The van der Waals surface area contributed by atoms with Crippen LogP contribution in [0.1, 0.15) is 21.5 Å². The average molecular weight is 458 g/mol. The Kier molecular flexibility index (Phi) is 5.16. The Hall–Kier alpha value is -3.27. The smallest absolute Gasteiger partial charge is 0.249 e. The van der Waals surface area contributed by atoms with Crippen LogP contribution in [0, 0.1) is 13.0 Å². The van der Waals surface area contributed by atoms with Gasteiger partial charge in [-0.15, -0.1) is 0 Å². The first-order chi connectivity index (χ1) is 15.4. The fourth-order valence-corrected chi connectivity index (χ4v) is 4.70. The first kappa shape index (κ1) is 20.6. The Labute approximate surface area is 196 Å². The predicted molar refractivity (Wildman–Crippen MR) is 133 cm³/mol. The van der Waals surface area contributed by atoms with Gasteiger partial charge >= 0.3 is 0 Å². The van der Waals surface area contributed by atoms with Crippen LogP contribution < -0.4 is 5.73 Å². The van der Waals surface area contributed by atoms with Crippen molar-refractivity contribution < 1.29 is 4.79 Å². The summed E-state index contributed by atoms with van der Waals surface area (Å²) in [4.78, 5) is 12.2. The normalized spacial score (nSPS) is 11.3. The predicted octanol–water partition coefficient (Wildman–Crippen LogP) is 7.02. The van der Waals surface area contributed by atoms with Gasteiger partial charge in [-0.3, -0.25) is 4.79 Å². The number of aromatic nitrogens is 1. The van der Waals surface area contributed by atoms with Crippen molar-refractivity contribution in [3.8, 4) is 11.1 Å². The van der Waals surface area contributed by atoms with Crippen LogP contribution in [-0.4, -0.2) is 10.5 Å². The first-order valence-electron chi connectivity index (χ1n) is 10.2. The summed E-state index contributed by atoms with van der Waals surface area (Å²) in [5.41, 5.74) is 12.3. The first-order valence-corrected chi connectivity index (χ1v) is 11.0. The van der Waals surface area contributed by atoms with Crippen molar-refractivity contribution in [2.24, 2.45) is 5.73 Å². The van der Waals surface area contributed by atoms with Crippen molar-refractivity contribution in [2.45, 2.75) is 13.5 Å². The molecule has 1 heterocycles. The van der Waals surface area contributed by atoms with Crippen LogP contribution in [0.25, 0.3) is 32.9 Å². The molecular weight excluding hydrogens is 439 g/mol. The second kappa shape index (κ2) is 8.01. The number of primary amides is 1. The van der Waals surface area contributed by atoms with E-state index in [1.165, 1.54) is 5.56 Å². The van der Waals surface area contributed by atoms with E-state index in [1.807, 2.05) is 30.3 Å². The molecule has 0 spiro atoms. The lowest BCUT2D eigenvalue weighted by Gasteiger charge is -2.10. The van der Waals surface area contributed by atoms with Crippen LogP contribution in [0.4, 0.5) is 0 Å². The number of rotatable bonds is 4. The maximum absolute atomic E-state index is 12.2. The van der Waals surface area contributed by atoms with E-state index in [1.54, 1.807) is 12.1 Å². The molecule has 0 saturated heterocycles. The molecule has 2 N–H and O–H groups in total. The number of amides is 1. The number of halogens is 2. The second-order valence-corrected chi connectivity index (χ2v) is 8.75. The third-order valence-electron chi connectivity index (χ3n) is 5.76. The van der Waals surface area contributed by atoms with Crippen LogP contribution in [0.15, 0.2) is 72.8 Å². The molecule has 1 amide bonds. The second-order valence-electron chi connectivity index (χ2n) is 7.91. The van der Waals surface area contributed by atoms with Crippen LogP contribution >= 0.6 is 23.2 Å². The van der Waals surface area contributed by atoms with E-state index in [0.717, 1.165) is 38.5 Å². The van der Waals surface area contributed by atoms with Crippen LogP contribution in [0.2, 0.25) is 10.0 Å². The number of aryl methyl sites for hydroxylation is 1. The number of nitrogens with zero attached hydrogens (tertiary/aromatic N) is 1. The van der Waals surface area contributed by atoms with Gasteiger partial charge in [0.05, 0.1) is 11.0 Å². The summed E-state index contributed by atoms with van der Waals surface area (Å²) >= 11 is 12.6. The largest absolute Gasteiger partial charge is 0.366 e. The Morgan fingerprint density at radius 2 is 1.78 bits per heavy atom. The van der Waals surface area contributed by atoms with Crippen molar-refractivity contribution in [3.63, 3.8) is 0 Å². The minimum absolute atomic E-state index is 0.455. The molecule has 1 radical (unpaired) electrons. The topological polar surface area (TPSA) is 48.0 Å². The van der Waals surface area contributed by atoms with Crippen molar-refractivity contribution in [2.75, 3.05) is 0 Å². The zero-order valence-electron chi connectivity index (χ0n) is 17.3. The molecule has 5 aromatic rings. The van der Waals surface area contributed by atoms with Crippen molar-refractivity contribution in [3.05, 3.63) is 106 Å². The molecule has 0 saturated carbocycles. The highest BCUT2D eigenvalue weighted by molar-refractivity contribution is 6.36. The fourth-order valence-electron chi connectivity index (χ4n) is 4.19. The average Bonchev–Trinajstić information content (AvgIpc) is 3.08. The third kappa shape index (κ3) is 3.54. The van der Waals surface area contributed by atoms with Gasteiger partial charge in [0.15, 0.2) is 0 Å². The molecule has 32 heavy (non-hydrogen) atoms. The number of nitrogens with two attached hydrogens (primary N) is 1. The molecule has 157 valence electrons. The molecule has 0 bridgehead atoms. The van der Waals surface area contributed by atoms with Gasteiger partial charge in [0.1, 0.15) is 0 Å². The summed E-state index contributed by atoms with van der Waals surface area (Å²) in [6.45, 7) is 2.72. The van der Waals surface area contributed by atoms with E-state index >= 15 is 0 Å². The van der Waals surface area contributed by atoms with Gasteiger partial charge in [-0.05, 0) is 60.5 Å². The number of benzene rings is 4. The number of hydrogen-bond acceptors (Lipinski definition) is 1. The van der Waals surface area contributed by atoms with E-state index in [4.69, 9.17) is 28.9 Å². The van der Waals surface area contributed by atoms with E-state index in [2.05, 4.69) is 47.9 Å². The maximum atomic E-state index is 12.2. The van der Waals surface area contributed by atoms with Gasteiger partial charge in [-0.25, -0.2) is 0 Å². The minimum atomic E-state index is -0.455. The summed E-state index contributed by atoms with van der Waals surface area (Å²) in [5.74, 6) is -0.455. The molecule has 5 heteroatoms. The standard InChI is InChI=1S/C27H19Cl2N2O/c1-16-5-7-17(8-6-16)15-31-24-4-2-3-22(27(30)32)26(24)21-11-9-18(13-25(21)31)20-12-10-19(28)14-23(20)29/h2-10,12-14H,15H2,1H3,(H2,30,32). The highest BCUT2D eigenvalue weighted by atomic mass is 35.5. The molecule has 0 unspecified atom stereocenters. The van der Waals surface area contributed by atoms with Gasteiger partial charge in [-0.1, -0.05) is 65.2 Å². The Morgan fingerprint density at radius 3 is 2.50 bits per heavy atom. The molecule has 4 aromatic carbocycles. The summed E-state index contributed by atoms with van der Waals surface area (Å²) in [6.07, 6.45) is 0. The molecule has 0 aliphatic carbocycles. The molecule has 0 aliphatic rings. The molecular formula is C27H19Cl2N2O. The quantitative estimate of drug-likeness (QED) is 0.309. The van der Waals surface area contributed by atoms with E-state index in [-0.39, 0.29) is 0 Å². The molecule has 3 nitrogen and oxygen atoms in total. The highest BCUT2D eigenvalue weighted by Crippen LogP contribution is 2.37. The van der Waals surface area contributed by atoms with Gasteiger partial charge in [0, 0.05) is 38.5 Å². The Morgan fingerprint density at radius 1 is 1.00 bits per heavy atom. The van der Waals surface area contributed by atoms with E-state index in [0.29, 0.717) is 22.2 Å². The van der Waals surface area contributed by atoms with Crippen molar-refractivity contribution in [1.82, 2.24) is 4.57 Å². The van der Waals surface area contributed by atoms with Gasteiger partial charge < -0.3 is 10.3 Å². The number of hydrogen-bond donors (Lipinski definition) is 1. The van der Waals surface area contributed by atoms with Crippen LogP contribution in [-0.2, 0) is 6.54 Å². The summed E-state index contributed by atoms with van der Waals surface area (Å²) in [6, 6.07) is 26.9. The van der Waals surface area contributed by atoms with Crippen LogP contribution in [0.5, 0.6) is 0 Å². The molecule has 1 aromatic heterocycles. The number of fused-ring (bicyclic) bond motifs is 3. The maximum Gasteiger partial charge on any atom is 0.249 e. The van der Waals surface area contributed by atoms with Gasteiger partial charge in [0.25, 0.3) is 0 Å². The number of carbonyl (C=O) groups is 1. The minimum Gasteiger partial charge on any atom is -0.366 e. The molecule has 0 atom stereocenters. The number of carbonyl (C=O) groups excluding carboxylic acids is 1. The molecule has 5 rings (SSSR count). The van der Waals surface area contributed by atoms with Gasteiger partial charge in [0.2, 0.25) is 5.91 Å². The summed E-state index contributed by atoms with van der Waals surface area (Å²) in [7, 11) is 0. The molecule has 0 aliphatic heterocycles.